The van der Waals surface area contributed by atoms with Gasteiger partial charge < -0.3 is 9.47 Å². The van der Waals surface area contributed by atoms with Crippen LogP contribution >= 0.6 is 27.5 Å². The van der Waals surface area contributed by atoms with Gasteiger partial charge in [-0.05, 0) is 36.0 Å². The Kier molecular flexibility index (Phi) is 4.19. The van der Waals surface area contributed by atoms with Gasteiger partial charge in [0.05, 0.1) is 5.38 Å². The van der Waals surface area contributed by atoms with Crippen LogP contribution in [0.3, 0.4) is 0 Å². The summed E-state index contributed by atoms with van der Waals surface area (Å²) >= 11 is 10.5. The second-order valence-corrected chi connectivity index (χ2v) is 7.39. The molecule has 1 unspecified atom stereocenters. The van der Waals surface area contributed by atoms with Crippen molar-refractivity contribution in [2.24, 2.45) is 5.41 Å². The lowest BCUT2D eigenvalue weighted by molar-refractivity contribution is 0.170. The maximum Gasteiger partial charge on any atom is 0.162 e. The molecule has 2 aliphatic rings. The van der Waals surface area contributed by atoms with Crippen LogP contribution in [0, 0.1) is 5.41 Å². The average molecular weight is 360 g/mol. The van der Waals surface area contributed by atoms with Crippen molar-refractivity contribution in [1.29, 1.82) is 0 Å². The molecule has 1 aromatic rings. The van der Waals surface area contributed by atoms with E-state index in [9.17, 15) is 0 Å². The van der Waals surface area contributed by atoms with Crippen LogP contribution in [0.1, 0.15) is 50.0 Å². The van der Waals surface area contributed by atoms with Gasteiger partial charge in [0.2, 0.25) is 0 Å². The fraction of sp³-hybridized carbons (Fsp3) is 0.625. The van der Waals surface area contributed by atoms with Crippen molar-refractivity contribution in [2.45, 2.75) is 44.4 Å². The summed E-state index contributed by atoms with van der Waals surface area (Å²) < 4.78 is 12.3. The second kappa shape index (κ2) is 5.76. The average Bonchev–Trinajstić information content (AvgIpc) is 2.46. The molecule has 110 valence electrons. The largest absolute Gasteiger partial charge is 0.486 e. The molecule has 0 bridgehead atoms. The normalized spacial score (nSPS) is 22.4. The van der Waals surface area contributed by atoms with Gasteiger partial charge in [0.15, 0.2) is 11.5 Å². The van der Waals surface area contributed by atoms with Crippen LogP contribution in [0.25, 0.3) is 0 Å². The second-order valence-electron chi connectivity index (χ2n) is 6.09. The summed E-state index contributed by atoms with van der Waals surface area (Å²) in [6.07, 6.45) is 6.29. The van der Waals surface area contributed by atoms with E-state index in [0.717, 1.165) is 21.5 Å². The zero-order valence-electron chi connectivity index (χ0n) is 11.8. The third kappa shape index (κ3) is 2.67. The molecule has 0 N–H and O–H groups in total. The van der Waals surface area contributed by atoms with Crippen molar-refractivity contribution < 1.29 is 9.47 Å². The van der Waals surface area contributed by atoms with Crippen molar-refractivity contribution in [3.63, 3.8) is 0 Å². The summed E-state index contributed by atoms with van der Waals surface area (Å²) in [6.45, 7) is 3.53. The number of fused-ring (bicyclic) bond motifs is 1. The molecule has 1 aromatic carbocycles. The molecular weight excluding hydrogens is 340 g/mol. The molecule has 1 aliphatic heterocycles. The van der Waals surface area contributed by atoms with Gasteiger partial charge in [-0.1, -0.05) is 42.1 Å². The Morgan fingerprint density at radius 1 is 1.10 bits per heavy atom. The third-order valence-corrected chi connectivity index (χ3v) is 5.99. The van der Waals surface area contributed by atoms with Crippen LogP contribution in [0.4, 0.5) is 0 Å². The first-order valence-corrected chi connectivity index (χ1v) is 8.56. The monoisotopic (exact) mass is 358 g/mol. The highest BCUT2D eigenvalue weighted by molar-refractivity contribution is 9.10. The Morgan fingerprint density at radius 2 is 1.70 bits per heavy atom. The predicted molar refractivity (Wildman–Crippen MR) is 84.9 cm³/mol. The van der Waals surface area contributed by atoms with Gasteiger partial charge in [-0.3, -0.25) is 0 Å². The minimum Gasteiger partial charge on any atom is -0.486 e. The standard InChI is InChI=1S/C16H20BrClO2/c1-16(5-3-2-4-6-16)15(18)11-9-13-14(10-12(11)17)20-8-7-19-13/h9-10,15H,2-8H2,1H3. The van der Waals surface area contributed by atoms with E-state index in [4.69, 9.17) is 21.1 Å². The lowest BCUT2D eigenvalue weighted by Crippen LogP contribution is -2.26. The molecule has 0 radical (unpaired) electrons. The van der Waals surface area contributed by atoms with Crippen LogP contribution < -0.4 is 9.47 Å². The van der Waals surface area contributed by atoms with Crippen molar-refractivity contribution in [1.82, 2.24) is 0 Å². The molecular formula is C16H20BrClO2. The van der Waals surface area contributed by atoms with E-state index in [0.29, 0.717) is 13.2 Å². The smallest absolute Gasteiger partial charge is 0.162 e. The van der Waals surface area contributed by atoms with Crippen molar-refractivity contribution in [2.75, 3.05) is 13.2 Å². The van der Waals surface area contributed by atoms with Crippen molar-refractivity contribution >= 4 is 27.5 Å². The number of ether oxygens (including phenoxy) is 2. The van der Waals surface area contributed by atoms with E-state index in [1.54, 1.807) is 0 Å². The summed E-state index contributed by atoms with van der Waals surface area (Å²) in [5.74, 6) is 1.63. The van der Waals surface area contributed by atoms with Gasteiger partial charge >= 0.3 is 0 Å². The fourth-order valence-electron chi connectivity index (χ4n) is 3.26. The summed E-state index contributed by atoms with van der Waals surface area (Å²) in [5, 5.41) is 0.00741. The number of hydrogen-bond acceptors (Lipinski definition) is 2. The molecule has 0 amide bonds. The Morgan fingerprint density at radius 3 is 2.35 bits per heavy atom. The molecule has 0 aromatic heterocycles. The predicted octanol–water partition coefficient (Wildman–Crippen LogP) is 5.47. The lowest BCUT2D eigenvalue weighted by atomic mass is 9.71. The molecule has 1 saturated carbocycles. The van der Waals surface area contributed by atoms with Crippen molar-refractivity contribution in [3.05, 3.63) is 22.2 Å². The minimum atomic E-state index is 0.00741. The Balaban J connectivity index is 1.92. The number of benzene rings is 1. The highest BCUT2D eigenvalue weighted by Crippen LogP contribution is 2.52. The highest BCUT2D eigenvalue weighted by atomic mass is 79.9. The van der Waals surface area contributed by atoms with Crippen LogP contribution in [0.2, 0.25) is 0 Å². The summed E-state index contributed by atoms with van der Waals surface area (Å²) in [7, 11) is 0. The number of alkyl halides is 1. The zero-order chi connectivity index (χ0) is 14.2. The molecule has 1 heterocycles. The number of rotatable bonds is 2. The van der Waals surface area contributed by atoms with E-state index in [1.807, 2.05) is 6.07 Å². The Hall–Kier alpha value is -0.410. The van der Waals surface area contributed by atoms with E-state index >= 15 is 0 Å². The Labute approximate surface area is 133 Å². The highest BCUT2D eigenvalue weighted by Gasteiger charge is 2.36. The molecule has 20 heavy (non-hydrogen) atoms. The van der Waals surface area contributed by atoms with Crippen LogP contribution in [0.15, 0.2) is 16.6 Å². The molecule has 2 nitrogen and oxygen atoms in total. The van der Waals surface area contributed by atoms with Gasteiger partial charge in [-0.15, -0.1) is 11.6 Å². The summed E-state index contributed by atoms with van der Waals surface area (Å²) in [6, 6.07) is 4.04. The van der Waals surface area contributed by atoms with Crippen LogP contribution in [-0.4, -0.2) is 13.2 Å². The molecule has 3 rings (SSSR count). The first kappa shape index (κ1) is 14.5. The van der Waals surface area contributed by atoms with Gasteiger partial charge in [0.25, 0.3) is 0 Å². The third-order valence-electron chi connectivity index (χ3n) is 4.54. The molecule has 4 heteroatoms. The minimum absolute atomic E-state index is 0.00741. The lowest BCUT2D eigenvalue weighted by Gasteiger charge is -2.38. The molecule has 0 saturated heterocycles. The Bertz CT molecular complexity index is 497. The van der Waals surface area contributed by atoms with Gasteiger partial charge in [0.1, 0.15) is 13.2 Å². The SMILES string of the molecule is CC1(C(Cl)c2cc3c(cc2Br)OCCO3)CCCCC1. The fourth-order valence-corrected chi connectivity index (χ4v) is 4.34. The number of halogens is 2. The van der Waals surface area contributed by atoms with Crippen LogP contribution in [-0.2, 0) is 0 Å². The summed E-state index contributed by atoms with van der Waals surface area (Å²) in [5.41, 5.74) is 1.30. The first-order valence-electron chi connectivity index (χ1n) is 7.33. The van der Waals surface area contributed by atoms with E-state index in [2.05, 4.69) is 28.9 Å². The van der Waals surface area contributed by atoms with Crippen LogP contribution in [0.5, 0.6) is 11.5 Å². The topological polar surface area (TPSA) is 18.5 Å². The van der Waals surface area contributed by atoms with Gasteiger partial charge in [0, 0.05) is 4.47 Å². The zero-order valence-corrected chi connectivity index (χ0v) is 14.1. The first-order chi connectivity index (χ1) is 9.60. The van der Waals surface area contributed by atoms with E-state index in [1.165, 1.54) is 32.1 Å². The molecule has 1 atom stereocenters. The maximum absolute atomic E-state index is 6.85. The maximum atomic E-state index is 6.85. The summed E-state index contributed by atoms with van der Waals surface area (Å²) in [4.78, 5) is 0. The van der Waals surface area contributed by atoms with Gasteiger partial charge in [-0.2, -0.15) is 0 Å². The van der Waals surface area contributed by atoms with E-state index < -0.39 is 0 Å². The number of hydrogen-bond donors (Lipinski definition) is 0. The molecule has 0 spiro atoms. The molecule has 1 fully saturated rings. The molecule has 1 aliphatic carbocycles. The van der Waals surface area contributed by atoms with E-state index in [-0.39, 0.29) is 10.8 Å². The van der Waals surface area contributed by atoms with Crippen molar-refractivity contribution in [3.8, 4) is 11.5 Å². The van der Waals surface area contributed by atoms with Gasteiger partial charge in [-0.25, -0.2) is 0 Å². The quantitative estimate of drug-likeness (QED) is 0.652.